The molecular weight excluding hydrogens is 468 g/mol. The van der Waals surface area contributed by atoms with Crippen molar-refractivity contribution in [3.8, 4) is 16.9 Å². The molecule has 1 aliphatic heterocycles. The Kier molecular flexibility index (Phi) is 7.23. The molecule has 2 aliphatic rings. The summed E-state index contributed by atoms with van der Waals surface area (Å²) in [6.07, 6.45) is 1.72. The summed E-state index contributed by atoms with van der Waals surface area (Å²) in [6.45, 7) is 4.58. The molecule has 37 heavy (non-hydrogen) atoms. The van der Waals surface area contributed by atoms with Crippen molar-refractivity contribution in [2.24, 2.45) is 5.73 Å². The Morgan fingerprint density at radius 1 is 0.946 bits per heavy atom. The fourth-order valence-electron chi connectivity index (χ4n) is 5.13. The monoisotopic (exact) mass is 498 g/mol. The highest BCUT2D eigenvalue weighted by atomic mass is 16.6. The van der Waals surface area contributed by atoms with Crippen LogP contribution in [0.1, 0.15) is 33.8 Å². The number of likely N-dealkylation sites (tertiary alicyclic amines) is 1. The van der Waals surface area contributed by atoms with E-state index in [9.17, 15) is 9.59 Å². The molecule has 5 rings (SSSR count). The molecule has 0 radical (unpaired) electrons. The van der Waals surface area contributed by atoms with Crippen molar-refractivity contribution >= 4 is 12.1 Å². The first kappa shape index (κ1) is 24.6. The topological polar surface area (TPSA) is 91.1 Å². The van der Waals surface area contributed by atoms with Gasteiger partial charge in [-0.05, 0) is 46.9 Å². The fraction of sp³-hybridized carbons (Fsp3) is 0.267. The number of benzene rings is 3. The minimum Gasteiger partial charge on any atom is -0.491 e. The zero-order valence-electron chi connectivity index (χ0n) is 20.5. The molecule has 2 N–H and O–H groups in total. The van der Waals surface area contributed by atoms with Gasteiger partial charge in [-0.2, -0.15) is 0 Å². The van der Waals surface area contributed by atoms with Crippen molar-refractivity contribution < 1.29 is 23.8 Å². The van der Waals surface area contributed by atoms with Crippen LogP contribution in [-0.2, 0) is 9.47 Å². The van der Waals surface area contributed by atoms with E-state index in [4.69, 9.17) is 19.9 Å². The van der Waals surface area contributed by atoms with Crippen molar-refractivity contribution in [3.63, 3.8) is 0 Å². The Bertz CT molecular complexity index is 1260. The standard InChI is InChI=1S/C30H30N2O5/c1-2-14-35-29(33)20-8-7-9-23(15-20)36-18-22-16-21(31)17-32(22)30(34)37-19-28-26-12-5-3-10-24(26)25-11-4-6-13-27(25)28/h2-13,15,21-22,28H,1,14,16-19,31H2/t21-,22+/m1/s1. The number of esters is 1. The number of rotatable bonds is 8. The molecule has 7 nitrogen and oxygen atoms in total. The molecule has 0 spiro atoms. The van der Waals surface area contributed by atoms with E-state index in [-0.39, 0.29) is 37.8 Å². The lowest BCUT2D eigenvalue weighted by atomic mass is 9.98. The predicted molar refractivity (Wildman–Crippen MR) is 141 cm³/mol. The van der Waals surface area contributed by atoms with E-state index in [2.05, 4.69) is 30.8 Å². The highest BCUT2D eigenvalue weighted by Crippen LogP contribution is 2.44. The second kappa shape index (κ2) is 10.9. The van der Waals surface area contributed by atoms with E-state index in [1.54, 1.807) is 29.2 Å². The van der Waals surface area contributed by atoms with Crippen LogP contribution in [0.2, 0.25) is 0 Å². The van der Waals surface area contributed by atoms with Crippen LogP contribution >= 0.6 is 0 Å². The lowest BCUT2D eigenvalue weighted by Crippen LogP contribution is -2.40. The number of nitrogens with two attached hydrogens (primary N) is 1. The minimum absolute atomic E-state index is 0.00842. The number of fused-ring (bicyclic) bond motifs is 3. The quantitative estimate of drug-likeness (QED) is 0.356. The molecule has 0 saturated carbocycles. The molecule has 1 amide bonds. The first-order valence-corrected chi connectivity index (χ1v) is 12.4. The Hall–Kier alpha value is -4.10. The van der Waals surface area contributed by atoms with Crippen LogP contribution in [0.25, 0.3) is 11.1 Å². The van der Waals surface area contributed by atoms with Crippen LogP contribution in [0.5, 0.6) is 5.75 Å². The third-order valence-electron chi connectivity index (χ3n) is 6.86. The number of nitrogens with zero attached hydrogens (tertiary/aromatic N) is 1. The summed E-state index contributed by atoms with van der Waals surface area (Å²) in [5.74, 6) is 0.0559. The van der Waals surface area contributed by atoms with Gasteiger partial charge in [0.2, 0.25) is 0 Å². The van der Waals surface area contributed by atoms with Gasteiger partial charge in [0.15, 0.2) is 0 Å². The van der Waals surface area contributed by atoms with Gasteiger partial charge in [0.25, 0.3) is 0 Å². The molecule has 7 heteroatoms. The van der Waals surface area contributed by atoms with Gasteiger partial charge in [-0.25, -0.2) is 9.59 Å². The highest BCUT2D eigenvalue weighted by molar-refractivity contribution is 5.89. The van der Waals surface area contributed by atoms with Crippen LogP contribution in [0.15, 0.2) is 85.5 Å². The molecule has 3 aromatic carbocycles. The molecule has 3 aromatic rings. The Morgan fingerprint density at radius 2 is 1.65 bits per heavy atom. The highest BCUT2D eigenvalue weighted by Gasteiger charge is 2.36. The number of ether oxygens (including phenoxy) is 3. The van der Waals surface area contributed by atoms with E-state index in [0.29, 0.717) is 24.3 Å². The van der Waals surface area contributed by atoms with Gasteiger partial charge in [0, 0.05) is 18.5 Å². The fourth-order valence-corrected chi connectivity index (χ4v) is 5.13. The molecule has 2 atom stereocenters. The summed E-state index contributed by atoms with van der Waals surface area (Å²) in [6, 6.07) is 22.9. The number of carbonyl (C=O) groups excluding carboxylic acids is 2. The third kappa shape index (κ3) is 5.22. The second-order valence-corrected chi connectivity index (χ2v) is 9.33. The normalized spacial score (nSPS) is 18.1. The predicted octanol–water partition coefficient (Wildman–Crippen LogP) is 4.76. The maximum absolute atomic E-state index is 13.2. The average molecular weight is 499 g/mol. The first-order chi connectivity index (χ1) is 18.0. The average Bonchev–Trinajstić information content (AvgIpc) is 3.46. The van der Waals surface area contributed by atoms with Crippen molar-refractivity contribution in [3.05, 3.63) is 102 Å². The SMILES string of the molecule is C=CCOC(=O)c1cccc(OC[C@@H]2C[C@@H](N)CN2C(=O)OCC2c3ccccc3-c3ccccc32)c1. The molecule has 1 fully saturated rings. The summed E-state index contributed by atoms with van der Waals surface area (Å²) < 4.78 is 16.9. The number of hydrogen-bond donors (Lipinski definition) is 1. The number of carbonyl (C=O) groups is 2. The lowest BCUT2D eigenvalue weighted by Gasteiger charge is -2.25. The maximum Gasteiger partial charge on any atom is 0.410 e. The minimum atomic E-state index is -0.450. The first-order valence-electron chi connectivity index (χ1n) is 12.4. The Labute approximate surface area is 216 Å². The van der Waals surface area contributed by atoms with Crippen LogP contribution in [0.4, 0.5) is 4.79 Å². The van der Waals surface area contributed by atoms with Gasteiger partial charge in [-0.1, -0.05) is 67.3 Å². The summed E-state index contributed by atoms with van der Waals surface area (Å²) in [4.78, 5) is 26.9. The van der Waals surface area contributed by atoms with E-state index in [1.165, 1.54) is 28.3 Å². The van der Waals surface area contributed by atoms with Crippen LogP contribution in [-0.4, -0.2) is 55.4 Å². The van der Waals surface area contributed by atoms with Gasteiger partial charge >= 0.3 is 12.1 Å². The number of hydrogen-bond acceptors (Lipinski definition) is 6. The van der Waals surface area contributed by atoms with Crippen LogP contribution in [0, 0.1) is 0 Å². The van der Waals surface area contributed by atoms with Gasteiger partial charge < -0.3 is 24.8 Å². The molecule has 0 aromatic heterocycles. The van der Waals surface area contributed by atoms with Crippen molar-refractivity contribution in [2.45, 2.75) is 24.4 Å². The van der Waals surface area contributed by atoms with Gasteiger partial charge in [-0.15, -0.1) is 0 Å². The zero-order chi connectivity index (χ0) is 25.8. The molecule has 0 bridgehead atoms. The van der Waals surface area contributed by atoms with Gasteiger partial charge in [0.1, 0.15) is 25.6 Å². The molecule has 1 aliphatic carbocycles. The Balaban J connectivity index is 1.22. The number of amides is 1. The van der Waals surface area contributed by atoms with Crippen molar-refractivity contribution in [1.82, 2.24) is 4.90 Å². The summed E-state index contributed by atoms with van der Waals surface area (Å²) >= 11 is 0. The van der Waals surface area contributed by atoms with E-state index < -0.39 is 12.1 Å². The molecule has 1 heterocycles. The maximum atomic E-state index is 13.2. The van der Waals surface area contributed by atoms with Crippen LogP contribution < -0.4 is 10.5 Å². The smallest absolute Gasteiger partial charge is 0.410 e. The van der Waals surface area contributed by atoms with Crippen molar-refractivity contribution in [1.29, 1.82) is 0 Å². The third-order valence-corrected chi connectivity index (χ3v) is 6.86. The van der Waals surface area contributed by atoms with E-state index in [1.807, 2.05) is 24.3 Å². The van der Waals surface area contributed by atoms with Crippen LogP contribution in [0.3, 0.4) is 0 Å². The van der Waals surface area contributed by atoms with E-state index >= 15 is 0 Å². The molecule has 190 valence electrons. The van der Waals surface area contributed by atoms with Gasteiger partial charge in [-0.3, -0.25) is 0 Å². The summed E-state index contributed by atoms with van der Waals surface area (Å²) in [5.41, 5.74) is 11.3. The largest absolute Gasteiger partial charge is 0.491 e. The van der Waals surface area contributed by atoms with E-state index in [0.717, 1.165) is 0 Å². The Morgan fingerprint density at radius 3 is 2.35 bits per heavy atom. The summed E-state index contributed by atoms with van der Waals surface area (Å²) in [7, 11) is 0. The second-order valence-electron chi connectivity index (χ2n) is 9.33. The molecular formula is C30H30N2O5. The van der Waals surface area contributed by atoms with Gasteiger partial charge in [0.05, 0.1) is 11.6 Å². The lowest BCUT2D eigenvalue weighted by molar-refractivity contribution is 0.0549. The molecule has 1 saturated heterocycles. The zero-order valence-corrected chi connectivity index (χ0v) is 20.5. The molecule has 0 unspecified atom stereocenters. The van der Waals surface area contributed by atoms with Crippen molar-refractivity contribution in [2.75, 3.05) is 26.4 Å². The summed E-state index contributed by atoms with van der Waals surface area (Å²) in [5, 5.41) is 0.